The largest absolute Gasteiger partial charge is 0.508 e. The van der Waals surface area contributed by atoms with Crippen molar-refractivity contribution in [1.82, 2.24) is 5.32 Å². The van der Waals surface area contributed by atoms with Crippen LogP contribution in [-0.4, -0.2) is 34.0 Å². The van der Waals surface area contributed by atoms with Gasteiger partial charge in [-0.3, -0.25) is 9.59 Å². The maximum atomic E-state index is 13.0. The van der Waals surface area contributed by atoms with E-state index in [1.165, 1.54) is 13.0 Å². The number of nitrogens with two attached hydrogens (primary N) is 1. The lowest BCUT2D eigenvalue weighted by Gasteiger charge is -2.25. The van der Waals surface area contributed by atoms with Crippen LogP contribution in [0.2, 0.25) is 0 Å². The predicted octanol–water partition coefficient (Wildman–Crippen LogP) is 1.24. The van der Waals surface area contributed by atoms with Crippen molar-refractivity contribution in [3.05, 3.63) is 65.2 Å². The Labute approximate surface area is 158 Å². The van der Waals surface area contributed by atoms with Crippen LogP contribution in [0, 0.1) is 5.92 Å². The Balaban J connectivity index is 1.82. The Morgan fingerprint density at radius 2 is 1.96 bits per heavy atom. The fourth-order valence-corrected chi connectivity index (χ4v) is 3.61. The summed E-state index contributed by atoms with van der Waals surface area (Å²) >= 11 is 0. The summed E-state index contributed by atoms with van der Waals surface area (Å²) in [6.07, 6.45) is -0.0379. The highest BCUT2D eigenvalue weighted by Gasteiger charge is 2.36. The van der Waals surface area contributed by atoms with Gasteiger partial charge < -0.3 is 21.3 Å². The fraction of sp³-hybridized carbons (Fsp3) is 0.333. The molecule has 4 atom stereocenters. The molecule has 0 spiro atoms. The number of carbonyl (C=O) groups excluding carboxylic acids is 2. The molecule has 6 heteroatoms. The van der Waals surface area contributed by atoms with Gasteiger partial charge in [0.25, 0.3) is 0 Å². The number of Topliss-reactive ketones (excluding diaryl/α,β-unsaturated/α-hetero) is 1. The number of aliphatic hydroxyl groups is 1. The molecule has 0 fully saturated rings. The van der Waals surface area contributed by atoms with Crippen LogP contribution < -0.4 is 11.1 Å². The number of aliphatic hydroxyl groups excluding tert-OH is 1. The van der Waals surface area contributed by atoms with E-state index in [1.807, 2.05) is 24.3 Å². The molecular weight excluding hydrogens is 344 g/mol. The SMILES string of the molecule is CC(=O)[C@@H](N)[C@@H](Cc1cccc(O)c1)C(=O)N[C@H]1c2ccccc2C[C@H]1O. The zero-order chi connectivity index (χ0) is 19.6. The highest BCUT2D eigenvalue weighted by Crippen LogP contribution is 2.31. The van der Waals surface area contributed by atoms with E-state index in [1.54, 1.807) is 18.2 Å². The third-order valence-electron chi connectivity index (χ3n) is 5.11. The Bertz CT molecular complexity index is 852. The van der Waals surface area contributed by atoms with Crippen molar-refractivity contribution in [2.75, 3.05) is 0 Å². The second-order valence-corrected chi connectivity index (χ2v) is 7.07. The number of carbonyl (C=O) groups is 2. The van der Waals surface area contributed by atoms with Gasteiger partial charge in [0.1, 0.15) is 11.5 Å². The maximum absolute atomic E-state index is 13.0. The molecule has 5 N–H and O–H groups in total. The molecule has 1 aliphatic carbocycles. The van der Waals surface area contributed by atoms with Crippen molar-refractivity contribution in [1.29, 1.82) is 0 Å². The van der Waals surface area contributed by atoms with E-state index in [-0.39, 0.29) is 23.9 Å². The summed E-state index contributed by atoms with van der Waals surface area (Å²) in [6, 6.07) is 12.6. The van der Waals surface area contributed by atoms with E-state index in [0.29, 0.717) is 12.0 Å². The number of amides is 1. The van der Waals surface area contributed by atoms with E-state index in [2.05, 4.69) is 5.32 Å². The molecule has 3 rings (SSSR count). The van der Waals surface area contributed by atoms with Gasteiger partial charge in [-0.1, -0.05) is 36.4 Å². The summed E-state index contributed by atoms with van der Waals surface area (Å²) in [4.78, 5) is 24.8. The van der Waals surface area contributed by atoms with Gasteiger partial charge in [0.2, 0.25) is 5.91 Å². The molecule has 2 aromatic carbocycles. The number of phenolic OH excluding ortho intramolecular Hbond substituents is 1. The van der Waals surface area contributed by atoms with Crippen molar-refractivity contribution in [3.8, 4) is 5.75 Å². The molecule has 0 saturated carbocycles. The number of rotatable bonds is 6. The monoisotopic (exact) mass is 368 g/mol. The molecule has 0 aromatic heterocycles. The first-order chi connectivity index (χ1) is 12.9. The van der Waals surface area contributed by atoms with Crippen molar-refractivity contribution in [2.45, 2.75) is 38.0 Å². The van der Waals surface area contributed by atoms with Crippen LogP contribution in [0.1, 0.15) is 29.7 Å². The van der Waals surface area contributed by atoms with Gasteiger partial charge in [-0.05, 0) is 42.2 Å². The summed E-state index contributed by atoms with van der Waals surface area (Å²) in [7, 11) is 0. The lowest BCUT2D eigenvalue weighted by molar-refractivity contribution is -0.131. The number of hydrogen-bond acceptors (Lipinski definition) is 5. The summed E-state index contributed by atoms with van der Waals surface area (Å²) < 4.78 is 0. The first kappa shape index (κ1) is 19.1. The lowest BCUT2D eigenvalue weighted by atomic mass is 9.89. The Hall–Kier alpha value is -2.70. The van der Waals surface area contributed by atoms with E-state index in [0.717, 1.165) is 11.1 Å². The van der Waals surface area contributed by atoms with Gasteiger partial charge in [-0.25, -0.2) is 0 Å². The van der Waals surface area contributed by atoms with E-state index < -0.39 is 24.1 Å². The standard InChI is InChI=1S/C21H24N2O4/c1-12(24)19(22)17(10-13-5-4-7-15(25)9-13)21(27)23-20-16-8-3-2-6-14(16)11-18(20)26/h2-9,17-20,25-26H,10-11,22H2,1H3,(H,23,27)/t17-,18-,19-,20+/m1/s1. The van der Waals surface area contributed by atoms with Gasteiger partial charge in [0.05, 0.1) is 24.1 Å². The molecule has 0 radical (unpaired) electrons. The van der Waals surface area contributed by atoms with Crippen molar-refractivity contribution >= 4 is 11.7 Å². The van der Waals surface area contributed by atoms with Crippen LogP contribution >= 0.6 is 0 Å². The zero-order valence-corrected chi connectivity index (χ0v) is 15.1. The second-order valence-electron chi connectivity index (χ2n) is 7.07. The highest BCUT2D eigenvalue weighted by atomic mass is 16.3. The molecule has 142 valence electrons. The number of hydrogen-bond donors (Lipinski definition) is 4. The van der Waals surface area contributed by atoms with Crippen LogP contribution in [0.4, 0.5) is 0 Å². The van der Waals surface area contributed by atoms with Gasteiger partial charge in [-0.2, -0.15) is 0 Å². The van der Waals surface area contributed by atoms with E-state index >= 15 is 0 Å². The Morgan fingerprint density at radius 1 is 1.22 bits per heavy atom. The molecule has 0 saturated heterocycles. The molecule has 6 nitrogen and oxygen atoms in total. The molecular formula is C21H24N2O4. The molecule has 0 unspecified atom stereocenters. The van der Waals surface area contributed by atoms with Crippen LogP contribution in [0.3, 0.4) is 0 Å². The molecule has 2 aromatic rings. The number of ketones is 1. The van der Waals surface area contributed by atoms with Crippen molar-refractivity contribution in [2.24, 2.45) is 11.7 Å². The third kappa shape index (κ3) is 4.18. The Kier molecular flexibility index (Phi) is 5.58. The average molecular weight is 368 g/mol. The normalized spacial score (nSPS) is 20.6. The quantitative estimate of drug-likeness (QED) is 0.613. The minimum absolute atomic E-state index is 0.0863. The molecule has 27 heavy (non-hydrogen) atoms. The second kappa shape index (κ2) is 7.90. The number of phenols is 1. The summed E-state index contributed by atoms with van der Waals surface area (Å²) in [6.45, 7) is 1.35. The minimum Gasteiger partial charge on any atom is -0.508 e. The predicted molar refractivity (Wildman–Crippen MR) is 101 cm³/mol. The van der Waals surface area contributed by atoms with Crippen LogP contribution in [0.25, 0.3) is 0 Å². The average Bonchev–Trinajstić information content (AvgIpc) is 2.94. The Morgan fingerprint density at radius 3 is 2.67 bits per heavy atom. The van der Waals surface area contributed by atoms with Gasteiger partial charge in [0, 0.05) is 6.42 Å². The van der Waals surface area contributed by atoms with E-state index in [4.69, 9.17) is 5.73 Å². The molecule has 1 aliphatic rings. The molecule has 1 amide bonds. The number of aromatic hydroxyl groups is 1. The van der Waals surface area contributed by atoms with Crippen molar-refractivity contribution in [3.63, 3.8) is 0 Å². The molecule has 0 bridgehead atoms. The molecule has 0 heterocycles. The van der Waals surface area contributed by atoms with Gasteiger partial charge in [0.15, 0.2) is 0 Å². The van der Waals surface area contributed by atoms with Gasteiger partial charge >= 0.3 is 0 Å². The lowest BCUT2D eigenvalue weighted by Crippen LogP contribution is -2.48. The number of benzene rings is 2. The first-order valence-electron chi connectivity index (χ1n) is 8.97. The van der Waals surface area contributed by atoms with Crippen molar-refractivity contribution < 1.29 is 19.8 Å². The zero-order valence-electron chi connectivity index (χ0n) is 15.1. The van der Waals surface area contributed by atoms with E-state index in [9.17, 15) is 19.8 Å². The van der Waals surface area contributed by atoms with Gasteiger partial charge in [-0.15, -0.1) is 0 Å². The number of fused-ring (bicyclic) bond motifs is 1. The summed E-state index contributed by atoms with van der Waals surface area (Å²) in [5.74, 6) is -1.39. The van der Waals surface area contributed by atoms with Crippen LogP contribution in [0.15, 0.2) is 48.5 Å². The first-order valence-corrected chi connectivity index (χ1v) is 8.97. The van der Waals surface area contributed by atoms with Crippen LogP contribution in [-0.2, 0) is 22.4 Å². The van der Waals surface area contributed by atoms with Crippen LogP contribution in [0.5, 0.6) is 5.75 Å². The highest BCUT2D eigenvalue weighted by molar-refractivity contribution is 5.90. The minimum atomic E-state index is -0.971. The number of nitrogens with one attached hydrogen (secondary N) is 1. The fourth-order valence-electron chi connectivity index (χ4n) is 3.61. The summed E-state index contributed by atoms with van der Waals surface area (Å²) in [5.41, 5.74) is 8.60. The summed E-state index contributed by atoms with van der Waals surface area (Å²) in [5, 5.41) is 22.9. The third-order valence-corrected chi connectivity index (χ3v) is 5.11. The maximum Gasteiger partial charge on any atom is 0.226 e. The smallest absolute Gasteiger partial charge is 0.226 e. The topological polar surface area (TPSA) is 113 Å². The molecule has 0 aliphatic heterocycles.